The molecule has 0 saturated carbocycles. The van der Waals surface area contributed by atoms with Gasteiger partial charge in [-0.3, -0.25) is 4.79 Å². The number of hydrogen-bond donors (Lipinski definition) is 1. The molecule has 1 heterocycles. The number of benzene rings is 2. The van der Waals surface area contributed by atoms with Crippen LogP contribution in [0.2, 0.25) is 5.02 Å². The van der Waals surface area contributed by atoms with Gasteiger partial charge in [-0.15, -0.1) is 0 Å². The zero-order valence-electron chi connectivity index (χ0n) is 13.7. The summed E-state index contributed by atoms with van der Waals surface area (Å²) in [6, 6.07) is 9.11. The van der Waals surface area contributed by atoms with Gasteiger partial charge >= 0.3 is 0 Å². The van der Waals surface area contributed by atoms with E-state index >= 15 is 0 Å². The van der Waals surface area contributed by atoms with E-state index in [2.05, 4.69) is 20.1 Å². The fraction of sp³-hybridized carbons (Fsp3) is 0.111. The molecule has 3 rings (SSSR count). The second-order valence-electron chi connectivity index (χ2n) is 5.64. The molecule has 3 aromatic rings. The number of Topliss-reactive ketones (excluding diaryl/α,β-unsaturated/α-hetero) is 1. The maximum atomic E-state index is 13.3. The minimum atomic E-state index is -0.573. The lowest BCUT2D eigenvalue weighted by atomic mass is 10.0. The van der Waals surface area contributed by atoms with E-state index in [9.17, 15) is 18.8 Å². The fourth-order valence-electron chi connectivity index (χ4n) is 2.44. The molecule has 9 heteroatoms. The quantitative estimate of drug-likeness (QED) is 0.298. The highest BCUT2D eigenvalue weighted by Gasteiger charge is 2.21. The first-order chi connectivity index (χ1) is 13.0. The highest BCUT2D eigenvalue weighted by Crippen LogP contribution is 2.19. The summed E-state index contributed by atoms with van der Waals surface area (Å²) in [6.45, 7) is 0. The summed E-state index contributed by atoms with van der Waals surface area (Å²) < 4.78 is 30.9. The first-order valence-corrected chi connectivity index (χ1v) is 8.11. The van der Waals surface area contributed by atoms with Crippen LogP contribution in [0.3, 0.4) is 0 Å². The Hall–Kier alpha value is -3.13. The lowest BCUT2D eigenvalue weighted by molar-refractivity contribution is 0.0990. The molecule has 138 valence electrons. The van der Waals surface area contributed by atoms with Crippen LogP contribution in [0.4, 0.5) is 8.78 Å². The zero-order chi connectivity index (χ0) is 19.4. The van der Waals surface area contributed by atoms with Crippen molar-refractivity contribution in [1.29, 1.82) is 0 Å². The Morgan fingerprint density at radius 1 is 1.11 bits per heavy atom. The molecule has 0 atom stereocenters. The van der Waals surface area contributed by atoms with Crippen molar-refractivity contribution in [2.24, 2.45) is 5.16 Å². The van der Waals surface area contributed by atoms with E-state index in [0.717, 1.165) is 0 Å². The number of rotatable bonds is 6. The summed E-state index contributed by atoms with van der Waals surface area (Å²) >= 11 is 5.75. The number of carbonyl (C=O) groups is 1. The van der Waals surface area contributed by atoms with E-state index < -0.39 is 11.6 Å². The minimum absolute atomic E-state index is 0.0580. The van der Waals surface area contributed by atoms with Crippen LogP contribution < -0.4 is 0 Å². The average Bonchev–Trinajstić information content (AvgIpc) is 3.11. The summed E-state index contributed by atoms with van der Waals surface area (Å²) in [5.41, 5.74) is 1.17. The number of oxime groups is 1. The van der Waals surface area contributed by atoms with Gasteiger partial charge in [-0.1, -0.05) is 28.0 Å². The summed E-state index contributed by atoms with van der Waals surface area (Å²) in [4.78, 5) is 12.3. The normalized spacial score (nSPS) is 11.6. The highest BCUT2D eigenvalue weighted by atomic mass is 35.5. The van der Waals surface area contributed by atoms with Crippen LogP contribution in [0, 0.1) is 11.6 Å². The fourth-order valence-corrected chi connectivity index (χ4v) is 2.64. The lowest BCUT2D eigenvalue weighted by Gasteiger charge is -2.05. The monoisotopic (exact) mass is 391 g/mol. The Labute approximate surface area is 157 Å². The van der Waals surface area contributed by atoms with Gasteiger partial charge in [0.25, 0.3) is 0 Å². The van der Waals surface area contributed by atoms with Crippen molar-refractivity contribution in [3.8, 4) is 0 Å². The van der Waals surface area contributed by atoms with Crippen LogP contribution in [0.15, 0.2) is 52.2 Å². The third kappa shape index (κ3) is 4.35. The van der Waals surface area contributed by atoms with Crippen molar-refractivity contribution < 1.29 is 23.4 Å². The molecule has 2 aromatic carbocycles. The van der Waals surface area contributed by atoms with Gasteiger partial charge in [0.05, 0.1) is 11.4 Å². The maximum Gasteiger partial charge on any atom is 0.169 e. The van der Waals surface area contributed by atoms with Crippen LogP contribution in [0.5, 0.6) is 0 Å². The second kappa shape index (κ2) is 8.05. The van der Waals surface area contributed by atoms with Gasteiger partial charge in [0.2, 0.25) is 0 Å². The van der Waals surface area contributed by atoms with Crippen LogP contribution >= 0.6 is 11.6 Å². The van der Waals surface area contributed by atoms with Crippen molar-refractivity contribution in [2.45, 2.75) is 12.8 Å². The topological polar surface area (TPSA) is 88.6 Å². The van der Waals surface area contributed by atoms with Crippen molar-refractivity contribution in [3.63, 3.8) is 0 Å². The molecule has 27 heavy (non-hydrogen) atoms. The summed E-state index contributed by atoms with van der Waals surface area (Å²) in [5, 5.41) is 19.8. The van der Waals surface area contributed by atoms with Gasteiger partial charge < -0.3 is 5.21 Å². The largest absolute Gasteiger partial charge is 0.411 e. The van der Waals surface area contributed by atoms with Crippen molar-refractivity contribution in [3.05, 3.63) is 81.6 Å². The molecule has 0 saturated heterocycles. The predicted octanol–water partition coefficient (Wildman–Crippen LogP) is 3.85. The minimum Gasteiger partial charge on any atom is -0.411 e. The predicted molar refractivity (Wildman–Crippen MR) is 92.2 cm³/mol. The van der Waals surface area contributed by atoms with Crippen molar-refractivity contribution in [2.75, 3.05) is 0 Å². The van der Waals surface area contributed by atoms with E-state index in [-0.39, 0.29) is 46.3 Å². The third-order valence-corrected chi connectivity index (χ3v) is 4.09. The Morgan fingerprint density at radius 2 is 1.85 bits per heavy atom. The zero-order valence-corrected chi connectivity index (χ0v) is 14.5. The lowest BCUT2D eigenvalue weighted by Crippen LogP contribution is -2.12. The molecular weight excluding hydrogens is 380 g/mol. The SMILES string of the molecule is O=C(Cc1nonc1/C(Cc1ccc(F)c(Cl)c1)=N/O)c1ccc(F)cc1. The number of carbonyl (C=O) groups excluding carboxylic acids is 1. The molecule has 0 aliphatic heterocycles. The first-order valence-electron chi connectivity index (χ1n) is 7.73. The average molecular weight is 392 g/mol. The molecule has 6 nitrogen and oxygen atoms in total. The Bertz CT molecular complexity index is 1000. The van der Waals surface area contributed by atoms with Gasteiger partial charge in [0, 0.05) is 12.0 Å². The molecule has 0 amide bonds. The maximum absolute atomic E-state index is 13.3. The Balaban J connectivity index is 1.80. The number of hydrogen-bond acceptors (Lipinski definition) is 6. The Morgan fingerprint density at radius 3 is 2.52 bits per heavy atom. The molecular formula is C18H12ClF2N3O3. The van der Waals surface area contributed by atoms with Gasteiger partial charge in [0.1, 0.15) is 23.0 Å². The number of ketones is 1. The molecule has 0 aliphatic rings. The van der Waals surface area contributed by atoms with Crippen molar-refractivity contribution in [1.82, 2.24) is 10.3 Å². The molecule has 0 bridgehead atoms. The van der Waals surface area contributed by atoms with Gasteiger partial charge in [-0.05, 0) is 47.1 Å². The second-order valence-corrected chi connectivity index (χ2v) is 6.05. The summed E-state index contributed by atoms with van der Waals surface area (Å²) in [7, 11) is 0. The van der Waals surface area contributed by atoms with E-state index in [0.29, 0.717) is 5.56 Å². The first kappa shape index (κ1) is 18.7. The molecule has 0 radical (unpaired) electrons. The number of aromatic nitrogens is 2. The smallest absolute Gasteiger partial charge is 0.169 e. The molecule has 0 aliphatic carbocycles. The van der Waals surface area contributed by atoms with Crippen LogP contribution in [0.1, 0.15) is 27.3 Å². The standard InChI is InChI=1S/C18H12ClF2N3O3/c19-13-7-10(1-6-14(13)21)8-15(22-26)18-16(23-27-24-18)9-17(25)11-2-4-12(20)5-3-11/h1-7,26H,8-9H2/b22-15+. The molecule has 0 spiro atoms. The molecule has 0 unspecified atom stereocenters. The third-order valence-electron chi connectivity index (χ3n) is 3.80. The summed E-state index contributed by atoms with van der Waals surface area (Å²) in [6.07, 6.45) is -0.129. The van der Waals surface area contributed by atoms with Crippen molar-refractivity contribution >= 4 is 23.1 Å². The molecule has 1 N–H and O–H groups in total. The van der Waals surface area contributed by atoms with E-state index in [1.54, 1.807) is 0 Å². The van der Waals surface area contributed by atoms with Crippen LogP contribution in [0.25, 0.3) is 0 Å². The summed E-state index contributed by atoms with van der Waals surface area (Å²) in [5.74, 6) is -1.37. The van der Waals surface area contributed by atoms with Gasteiger partial charge in [-0.2, -0.15) is 0 Å². The number of halogens is 3. The van der Waals surface area contributed by atoms with E-state index in [1.165, 1.54) is 42.5 Å². The molecule has 0 fully saturated rings. The number of nitrogens with zero attached hydrogens (tertiary/aromatic N) is 3. The highest BCUT2D eigenvalue weighted by molar-refractivity contribution is 6.30. The van der Waals surface area contributed by atoms with E-state index in [4.69, 9.17) is 11.6 Å². The van der Waals surface area contributed by atoms with Crippen LogP contribution in [-0.2, 0) is 12.8 Å². The van der Waals surface area contributed by atoms with E-state index in [1.807, 2.05) is 0 Å². The molecule has 1 aromatic heterocycles. The van der Waals surface area contributed by atoms with Crippen LogP contribution in [-0.4, -0.2) is 27.0 Å². The Kier molecular flexibility index (Phi) is 5.56. The van der Waals surface area contributed by atoms with Gasteiger partial charge in [-0.25, -0.2) is 13.4 Å². The van der Waals surface area contributed by atoms with Gasteiger partial charge in [0.15, 0.2) is 11.5 Å².